The first-order valence-corrected chi connectivity index (χ1v) is 7.20. The van der Waals surface area contributed by atoms with Gasteiger partial charge in [0.2, 0.25) is 0 Å². The number of hydrogen-bond acceptors (Lipinski definition) is 4. The van der Waals surface area contributed by atoms with Crippen LogP contribution in [-0.4, -0.2) is 55.7 Å². The highest BCUT2D eigenvalue weighted by atomic mass is 32.2. The van der Waals surface area contributed by atoms with Crippen LogP contribution in [0.25, 0.3) is 0 Å². The van der Waals surface area contributed by atoms with Crippen molar-refractivity contribution in [1.29, 1.82) is 0 Å². The summed E-state index contributed by atoms with van der Waals surface area (Å²) in [4.78, 5) is 2.05. The summed E-state index contributed by atoms with van der Waals surface area (Å²) in [5.74, 6) is 0.212. The zero-order valence-corrected chi connectivity index (χ0v) is 10.8. The predicted octanol–water partition coefficient (Wildman–Crippen LogP) is 0.514. The van der Waals surface area contributed by atoms with E-state index in [0.717, 1.165) is 13.1 Å². The van der Waals surface area contributed by atoms with E-state index >= 15 is 0 Å². The van der Waals surface area contributed by atoms with Crippen molar-refractivity contribution in [1.82, 2.24) is 4.90 Å². The third-order valence-corrected chi connectivity index (χ3v) is 4.68. The van der Waals surface area contributed by atoms with E-state index in [1.165, 1.54) is 0 Å². The van der Waals surface area contributed by atoms with Gasteiger partial charge in [0.1, 0.15) is 0 Å². The van der Waals surface area contributed by atoms with Crippen LogP contribution in [0.5, 0.6) is 0 Å². The topological polar surface area (TPSA) is 57.6 Å². The molecule has 0 rings (SSSR count). The van der Waals surface area contributed by atoms with Crippen LogP contribution < -0.4 is 0 Å². The van der Waals surface area contributed by atoms with Crippen molar-refractivity contribution < 1.29 is 13.5 Å². The summed E-state index contributed by atoms with van der Waals surface area (Å²) < 4.78 is 23.1. The minimum absolute atomic E-state index is 0.160. The Morgan fingerprint density at radius 2 is 1.87 bits per heavy atom. The number of sulfone groups is 1. The molecule has 4 nitrogen and oxygen atoms in total. The predicted molar refractivity (Wildman–Crippen MR) is 62.7 cm³/mol. The SMILES string of the molecule is CCN(CCCO)CCS(=O)(=O)C(C)C. The van der Waals surface area contributed by atoms with E-state index in [0.29, 0.717) is 13.0 Å². The zero-order valence-electron chi connectivity index (χ0n) is 9.94. The Morgan fingerprint density at radius 1 is 1.27 bits per heavy atom. The van der Waals surface area contributed by atoms with E-state index in [-0.39, 0.29) is 17.6 Å². The van der Waals surface area contributed by atoms with Gasteiger partial charge in [-0.2, -0.15) is 0 Å². The first-order valence-electron chi connectivity index (χ1n) is 5.48. The molecule has 1 N–H and O–H groups in total. The summed E-state index contributed by atoms with van der Waals surface area (Å²) in [5, 5.41) is 8.38. The Kier molecular flexibility index (Phi) is 7.13. The molecule has 0 aromatic carbocycles. The molecule has 0 bridgehead atoms. The largest absolute Gasteiger partial charge is 0.396 e. The third kappa shape index (κ3) is 6.12. The van der Waals surface area contributed by atoms with E-state index < -0.39 is 9.84 Å². The molecule has 0 unspecified atom stereocenters. The molecule has 0 amide bonds. The molecular formula is C10H23NO3S. The summed E-state index contributed by atoms with van der Waals surface area (Å²) in [6.45, 7) is 7.73. The van der Waals surface area contributed by atoms with Gasteiger partial charge in [0, 0.05) is 19.7 Å². The second kappa shape index (κ2) is 7.19. The number of aliphatic hydroxyl groups is 1. The minimum Gasteiger partial charge on any atom is -0.396 e. The molecule has 0 saturated carbocycles. The lowest BCUT2D eigenvalue weighted by Crippen LogP contribution is -2.32. The molecule has 0 aliphatic heterocycles. The summed E-state index contributed by atoms with van der Waals surface area (Å²) in [6, 6.07) is 0. The lowest BCUT2D eigenvalue weighted by molar-refractivity contribution is 0.237. The summed E-state index contributed by atoms with van der Waals surface area (Å²) in [7, 11) is -2.93. The van der Waals surface area contributed by atoms with E-state index in [1.54, 1.807) is 13.8 Å². The summed E-state index contributed by atoms with van der Waals surface area (Å²) >= 11 is 0. The van der Waals surface area contributed by atoms with Crippen molar-refractivity contribution in [2.24, 2.45) is 0 Å². The van der Waals surface area contributed by atoms with Crippen LogP contribution in [0.15, 0.2) is 0 Å². The maximum absolute atomic E-state index is 11.5. The van der Waals surface area contributed by atoms with Gasteiger partial charge in [-0.05, 0) is 26.8 Å². The van der Waals surface area contributed by atoms with Gasteiger partial charge in [-0.15, -0.1) is 0 Å². The molecule has 0 saturated heterocycles. The maximum Gasteiger partial charge on any atom is 0.153 e. The highest BCUT2D eigenvalue weighted by Gasteiger charge is 2.16. The monoisotopic (exact) mass is 237 g/mol. The van der Waals surface area contributed by atoms with Crippen molar-refractivity contribution >= 4 is 9.84 Å². The Bertz CT molecular complexity index is 249. The number of aliphatic hydroxyl groups excluding tert-OH is 1. The lowest BCUT2D eigenvalue weighted by atomic mass is 10.4. The Labute approximate surface area is 93.2 Å². The number of rotatable bonds is 8. The van der Waals surface area contributed by atoms with Gasteiger partial charge in [0.05, 0.1) is 11.0 Å². The molecule has 0 aliphatic carbocycles. The lowest BCUT2D eigenvalue weighted by Gasteiger charge is -2.20. The van der Waals surface area contributed by atoms with Crippen LogP contribution in [0, 0.1) is 0 Å². The van der Waals surface area contributed by atoms with Crippen LogP contribution in [-0.2, 0) is 9.84 Å². The quantitative estimate of drug-likeness (QED) is 0.668. The fourth-order valence-electron chi connectivity index (χ4n) is 1.21. The van der Waals surface area contributed by atoms with Crippen molar-refractivity contribution in [3.63, 3.8) is 0 Å². The molecule has 0 atom stereocenters. The molecule has 0 fully saturated rings. The minimum atomic E-state index is -2.93. The molecule has 0 aromatic heterocycles. The fourth-order valence-corrected chi connectivity index (χ4v) is 2.20. The first kappa shape index (κ1) is 14.9. The second-order valence-corrected chi connectivity index (χ2v) is 6.60. The fraction of sp³-hybridized carbons (Fsp3) is 1.00. The zero-order chi connectivity index (χ0) is 11.9. The molecule has 0 spiro atoms. The van der Waals surface area contributed by atoms with Crippen LogP contribution in [0.2, 0.25) is 0 Å². The molecule has 0 aromatic rings. The number of hydrogen-bond donors (Lipinski definition) is 1. The normalized spacial score (nSPS) is 12.7. The molecule has 92 valence electrons. The van der Waals surface area contributed by atoms with Gasteiger partial charge < -0.3 is 10.0 Å². The third-order valence-electron chi connectivity index (χ3n) is 2.49. The smallest absolute Gasteiger partial charge is 0.153 e. The van der Waals surface area contributed by atoms with Crippen molar-refractivity contribution in [2.75, 3.05) is 32.0 Å². The van der Waals surface area contributed by atoms with E-state index in [1.807, 2.05) is 6.92 Å². The maximum atomic E-state index is 11.5. The molecular weight excluding hydrogens is 214 g/mol. The summed E-state index contributed by atoms with van der Waals surface area (Å²) in [6.07, 6.45) is 0.704. The van der Waals surface area contributed by atoms with Crippen molar-refractivity contribution in [2.45, 2.75) is 32.4 Å². The van der Waals surface area contributed by atoms with Crippen molar-refractivity contribution in [3.05, 3.63) is 0 Å². The number of nitrogens with zero attached hydrogens (tertiary/aromatic N) is 1. The van der Waals surface area contributed by atoms with Gasteiger partial charge in [-0.1, -0.05) is 6.92 Å². The molecule has 5 heteroatoms. The summed E-state index contributed by atoms with van der Waals surface area (Å²) in [5.41, 5.74) is 0. The van der Waals surface area contributed by atoms with Gasteiger partial charge in [0.15, 0.2) is 9.84 Å². The first-order chi connectivity index (χ1) is 6.94. The van der Waals surface area contributed by atoms with Crippen LogP contribution in [0.4, 0.5) is 0 Å². The average Bonchev–Trinajstić information content (AvgIpc) is 2.18. The molecule has 0 heterocycles. The standard InChI is InChI=1S/C10H23NO3S/c1-4-11(6-5-8-12)7-9-15(13,14)10(2)3/h10,12H,4-9H2,1-3H3. The molecule has 0 radical (unpaired) electrons. The molecule has 15 heavy (non-hydrogen) atoms. The molecule has 0 aliphatic rings. The van der Waals surface area contributed by atoms with Gasteiger partial charge in [-0.3, -0.25) is 0 Å². The van der Waals surface area contributed by atoms with Crippen LogP contribution in [0.3, 0.4) is 0 Å². The van der Waals surface area contributed by atoms with Gasteiger partial charge >= 0.3 is 0 Å². The average molecular weight is 237 g/mol. The van der Waals surface area contributed by atoms with E-state index in [2.05, 4.69) is 4.90 Å². The Hall–Kier alpha value is -0.130. The van der Waals surface area contributed by atoms with E-state index in [9.17, 15) is 8.42 Å². The Balaban J connectivity index is 4.00. The van der Waals surface area contributed by atoms with Crippen LogP contribution >= 0.6 is 0 Å². The van der Waals surface area contributed by atoms with Crippen molar-refractivity contribution in [3.8, 4) is 0 Å². The van der Waals surface area contributed by atoms with Gasteiger partial charge in [-0.25, -0.2) is 8.42 Å². The van der Waals surface area contributed by atoms with E-state index in [4.69, 9.17) is 5.11 Å². The highest BCUT2D eigenvalue weighted by Crippen LogP contribution is 2.02. The Morgan fingerprint density at radius 3 is 2.27 bits per heavy atom. The second-order valence-electron chi connectivity index (χ2n) is 3.93. The van der Waals surface area contributed by atoms with Crippen LogP contribution in [0.1, 0.15) is 27.2 Å². The highest BCUT2D eigenvalue weighted by molar-refractivity contribution is 7.92. The van der Waals surface area contributed by atoms with Gasteiger partial charge in [0.25, 0.3) is 0 Å².